The Bertz CT molecular complexity index is 347. The van der Waals surface area contributed by atoms with Gasteiger partial charge in [-0.2, -0.15) is 11.8 Å². The van der Waals surface area contributed by atoms with Gasteiger partial charge in [0.2, 0.25) is 0 Å². The van der Waals surface area contributed by atoms with Gasteiger partial charge in [-0.3, -0.25) is 4.90 Å². The average molecular weight is 263 g/mol. The zero-order valence-corrected chi connectivity index (χ0v) is 12.5. The van der Waals surface area contributed by atoms with E-state index in [-0.39, 0.29) is 0 Å². The maximum atomic E-state index is 2.61. The molecular weight excluding hydrogens is 238 g/mol. The van der Waals surface area contributed by atoms with Crippen LogP contribution in [0.25, 0.3) is 0 Å². The molecule has 1 heterocycles. The number of hydrogen-bond acceptors (Lipinski definition) is 2. The molecule has 2 heteroatoms. The average Bonchev–Trinajstić information content (AvgIpc) is 2.85. The Morgan fingerprint density at radius 2 is 1.89 bits per heavy atom. The minimum Gasteiger partial charge on any atom is -0.299 e. The Kier molecular flexibility index (Phi) is 5.58. The molecular formula is C16H25NS. The van der Waals surface area contributed by atoms with E-state index in [4.69, 9.17) is 0 Å². The number of hydrogen-bond donors (Lipinski definition) is 0. The van der Waals surface area contributed by atoms with E-state index >= 15 is 0 Å². The SMILES string of the molecule is CCSCC1CCN(Cc2ccc(CC)cc2)C1. The van der Waals surface area contributed by atoms with Crippen molar-refractivity contribution < 1.29 is 0 Å². The van der Waals surface area contributed by atoms with Crippen LogP contribution in [0.5, 0.6) is 0 Å². The lowest BCUT2D eigenvalue weighted by atomic mass is 10.1. The van der Waals surface area contributed by atoms with Crippen LogP contribution in [0, 0.1) is 5.92 Å². The van der Waals surface area contributed by atoms with E-state index in [1.807, 2.05) is 0 Å². The highest BCUT2D eigenvalue weighted by Crippen LogP contribution is 2.22. The minimum atomic E-state index is 0.921. The van der Waals surface area contributed by atoms with Gasteiger partial charge in [0.05, 0.1) is 0 Å². The van der Waals surface area contributed by atoms with Gasteiger partial charge >= 0.3 is 0 Å². The highest BCUT2D eigenvalue weighted by molar-refractivity contribution is 7.99. The Morgan fingerprint density at radius 3 is 2.56 bits per heavy atom. The summed E-state index contributed by atoms with van der Waals surface area (Å²) in [5.74, 6) is 3.53. The van der Waals surface area contributed by atoms with Crippen LogP contribution in [-0.4, -0.2) is 29.5 Å². The summed E-state index contributed by atoms with van der Waals surface area (Å²) in [5.41, 5.74) is 2.91. The first-order valence-electron chi connectivity index (χ1n) is 7.19. The molecule has 1 aromatic carbocycles. The summed E-state index contributed by atoms with van der Waals surface area (Å²) in [4.78, 5) is 2.61. The van der Waals surface area contributed by atoms with E-state index in [2.05, 4.69) is 54.8 Å². The fourth-order valence-electron chi connectivity index (χ4n) is 2.62. The third-order valence-corrected chi connectivity index (χ3v) is 4.88. The summed E-state index contributed by atoms with van der Waals surface area (Å²) in [6.45, 7) is 8.18. The number of nitrogens with zero attached hydrogens (tertiary/aromatic N) is 1. The first-order chi connectivity index (χ1) is 8.81. The van der Waals surface area contributed by atoms with Crippen molar-refractivity contribution >= 4 is 11.8 Å². The van der Waals surface area contributed by atoms with Crippen molar-refractivity contribution in [3.05, 3.63) is 35.4 Å². The molecule has 0 aromatic heterocycles. The molecule has 0 aliphatic carbocycles. The molecule has 0 radical (unpaired) electrons. The summed E-state index contributed by atoms with van der Waals surface area (Å²) in [7, 11) is 0. The van der Waals surface area contributed by atoms with Gasteiger partial charge in [-0.15, -0.1) is 0 Å². The highest BCUT2D eigenvalue weighted by Gasteiger charge is 2.21. The molecule has 0 N–H and O–H groups in total. The van der Waals surface area contributed by atoms with E-state index in [0.29, 0.717) is 0 Å². The van der Waals surface area contributed by atoms with Gasteiger partial charge in [-0.25, -0.2) is 0 Å². The first-order valence-corrected chi connectivity index (χ1v) is 8.35. The van der Waals surface area contributed by atoms with E-state index in [1.165, 1.54) is 42.1 Å². The van der Waals surface area contributed by atoms with Gasteiger partial charge in [0.25, 0.3) is 0 Å². The second-order valence-corrected chi connectivity index (χ2v) is 6.54. The molecule has 18 heavy (non-hydrogen) atoms. The standard InChI is InChI=1S/C16H25NS/c1-3-14-5-7-15(8-6-14)11-17-10-9-16(12-17)13-18-4-2/h5-8,16H,3-4,9-13H2,1-2H3. The Hall–Kier alpha value is -0.470. The van der Waals surface area contributed by atoms with Crippen molar-refractivity contribution in [3.8, 4) is 0 Å². The molecule has 1 aliphatic heterocycles. The van der Waals surface area contributed by atoms with E-state index in [1.54, 1.807) is 0 Å². The van der Waals surface area contributed by atoms with E-state index < -0.39 is 0 Å². The number of aryl methyl sites for hydroxylation is 1. The normalized spacial score (nSPS) is 20.4. The lowest BCUT2D eigenvalue weighted by Crippen LogP contribution is -2.20. The van der Waals surface area contributed by atoms with Crippen LogP contribution in [0.15, 0.2) is 24.3 Å². The summed E-state index contributed by atoms with van der Waals surface area (Å²) < 4.78 is 0. The predicted molar refractivity (Wildman–Crippen MR) is 82.2 cm³/mol. The third kappa shape index (κ3) is 4.03. The van der Waals surface area contributed by atoms with Crippen LogP contribution in [-0.2, 0) is 13.0 Å². The van der Waals surface area contributed by atoms with Crippen LogP contribution in [0.2, 0.25) is 0 Å². The van der Waals surface area contributed by atoms with Crippen molar-refractivity contribution in [1.82, 2.24) is 4.90 Å². The molecule has 1 fully saturated rings. The molecule has 0 spiro atoms. The first kappa shape index (κ1) is 14.0. The molecule has 1 saturated heterocycles. The summed E-state index contributed by atoms with van der Waals surface area (Å²) >= 11 is 2.09. The Labute approximate surface area is 116 Å². The van der Waals surface area contributed by atoms with Crippen LogP contribution in [0.3, 0.4) is 0 Å². The molecule has 1 atom stereocenters. The van der Waals surface area contributed by atoms with Gasteiger partial charge < -0.3 is 0 Å². The van der Waals surface area contributed by atoms with Gasteiger partial charge in [-0.1, -0.05) is 38.1 Å². The number of likely N-dealkylation sites (tertiary alicyclic amines) is 1. The fourth-order valence-corrected chi connectivity index (χ4v) is 3.46. The predicted octanol–water partition coefficient (Wildman–Crippen LogP) is 3.82. The third-order valence-electron chi connectivity index (χ3n) is 3.77. The summed E-state index contributed by atoms with van der Waals surface area (Å²) in [5, 5.41) is 0. The second kappa shape index (κ2) is 7.20. The van der Waals surface area contributed by atoms with E-state index in [0.717, 1.165) is 18.9 Å². The van der Waals surface area contributed by atoms with E-state index in [9.17, 15) is 0 Å². The maximum Gasteiger partial charge on any atom is 0.0233 e. The van der Waals surface area contributed by atoms with Crippen LogP contribution < -0.4 is 0 Å². The lowest BCUT2D eigenvalue weighted by Gasteiger charge is -2.16. The fraction of sp³-hybridized carbons (Fsp3) is 0.625. The van der Waals surface area contributed by atoms with Crippen molar-refractivity contribution in [2.45, 2.75) is 33.2 Å². The Morgan fingerprint density at radius 1 is 1.17 bits per heavy atom. The molecule has 0 amide bonds. The largest absolute Gasteiger partial charge is 0.299 e. The lowest BCUT2D eigenvalue weighted by molar-refractivity contribution is 0.321. The minimum absolute atomic E-state index is 0.921. The molecule has 100 valence electrons. The van der Waals surface area contributed by atoms with Gasteiger partial charge in [0.1, 0.15) is 0 Å². The molecule has 1 aliphatic rings. The van der Waals surface area contributed by atoms with Crippen LogP contribution in [0.1, 0.15) is 31.4 Å². The zero-order chi connectivity index (χ0) is 12.8. The molecule has 0 saturated carbocycles. The monoisotopic (exact) mass is 263 g/mol. The topological polar surface area (TPSA) is 3.24 Å². The molecule has 1 nitrogen and oxygen atoms in total. The Balaban J connectivity index is 1.79. The maximum absolute atomic E-state index is 2.61. The van der Waals surface area contributed by atoms with Crippen molar-refractivity contribution in [1.29, 1.82) is 0 Å². The zero-order valence-electron chi connectivity index (χ0n) is 11.7. The summed E-state index contributed by atoms with van der Waals surface area (Å²) in [6.07, 6.45) is 2.53. The molecule has 0 bridgehead atoms. The molecule has 1 unspecified atom stereocenters. The highest BCUT2D eigenvalue weighted by atomic mass is 32.2. The number of rotatable bonds is 6. The molecule has 2 rings (SSSR count). The number of benzene rings is 1. The molecule has 1 aromatic rings. The smallest absolute Gasteiger partial charge is 0.0233 e. The second-order valence-electron chi connectivity index (χ2n) is 5.22. The van der Waals surface area contributed by atoms with Crippen LogP contribution >= 0.6 is 11.8 Å². The number of thioether (sulfide) groups is 1. The quantitative estimate of drug-likeness (QED) is 0.767. The van der Waals surface area contributed by atoms with Crippen molar-refractivity contribution in [2.24, 2.45) is 5.92 Å². The van der Waals surface area contributed by atoms with Gasteiger partial charge in [-0.05, 0) is 47.9 Å². The van der Waals surface area contributed by atoms with Crippen LogP contribution in [0.4, 0.5) is 0 Å². The van der Waals surface area contributed by atoms with Gasteiger partial charge in [0, 0.05) is 13.1 Å². The summed E-state index contributed by atoms with van der Waals surface area (Å²) in [6, 6.07) is 9.14. The van der Waals surface area contributed by atoms with Gasteiger partial charge in [0.15, 0.2) is 0 Å². The van der Waals surface area contributed by atoms with Crippen molar-refractivity contribution in [3.63, 3.8) is 0 Å². The van der Waals surface area contributed by atoms with Crippen molar-refractivity contribution in [2.75, 3.05) is 24.6 Å².